The zero-order chi connectivity index (χ0) is 10.3. The third kappa shape index (κ3) is 3.65. The number of hydrogen-bond donors (Lipinski definition) is 2. The maximum atomic E-state index is 3.64. The number of hydrogen-bond acceptors (Lipinski definition) is 2. The highest BCUT2D eigenvalue weighted by Crippen LogP contribution is 2.06. The summed E-state index contributed by atoms with van der Waals surface area (Å²) in [5.41, 5.74) is 1.38. The molecule has 2 heteroatoms. The Morgan fingerprint density at radius 1 is 1.13 bits per heavy atom. The van der Waals surface area contributed by atoms with Gasteiger partial charge < -0.3 is 10.6 Å². The van der Waals surface area contributed by atoms with Crippen LogP contribution in [0.25, 0.3) is 0 Å². The van der Waals surface area contributed by atoms with Gasteiger partial charge in [0.05, 0.1) is 0 Å². The maximum Gasteiger partial charge on any atom is 0.0208 e. The van der Waals surface area contributed by atoms with Gasteiger partial charge in [0.2, 0.25) is 0 Å². The molecule has 0 aliphatic carbocycles. The van der Waals surface area contributed by atoms with Crippen molar-refractivity contribution in [1.82, 2.24) is 10.6 Å². The molecule has 1 aliphatic rings. The van der Waals surface area contributed by atoms with Crippen LogP contribution >= 0.6 is 0 Å². The molecule has 0 spiro atoms. The highest BCUT2D eigenvalue weighted by Gasteiger charge is 2.10. The summed E-state index contributed by atoms with van der Waals surface area (Å²) in [6.07, 6.45) is 3.86. The Balaban J connectivity index is 1.77. The topological polar surface area (TPSA) is 24.1 Å². The summed E-state index contributed by atoms with van der Waals surface area (Å²) in [6, 6.07) is 11.3. The van der Waals surface area contributed by atoms with E-state index in [1.165, 1.54) is 31.4 Å². The second-order valence-corrected chi connectivity index (χ2v) is 4.24. The lowest BCUT2D eigenvalue weighted by Crippen LogP contribution is -2.29. The summed E-state index contributed by atoms with van der Waals surface area (Å²) in [5, 5.41) is 7.07. The van der Waals surface area contributed by atoms with Gasteiger partial charge in [-0.15, -0.1) is 0 Å². The average molecular weight is 204 g/mol. The fraction of sp³-hybridized carbons (Fsp3) is 0.538. The molecule has 0 aromatic heterocycles. The standard InChI is InChI=1S/C13H20N2/c1-2-5-12(6-3-1)11-15-13-7-4-9-14-10-8-13/h1-3,5-6,13-15H,4,7-11H2. The Kier molecular flexibility index (Phi) is 4.18. The molecule has 82 valence electrons. The Morgan fingerprint density at radius 2 is 2.00 bits per heavy atom. The molecular weight excluding hydrogens is 184 g/mol. The first-order valence-electron chi connectivity index (χ1n) is 5.93. The first kappa shape index (κ1) is 10.7. The fourth-order valence-corrected chi connectivity index (χ4v) is 2.08. The summed E-state index contributed by atoms with van der Waals surface area (Å²) in [6.45, 7) is 3.35. The predicted octanol–water partition coefficient (Wildman–Crippen LogP) is 1.92. The second-order valence-electron chi connectivity index (χ2n) is 4.24. The van der Waals surface area contributed by atoms with Gasteiger partial charge in [-0.2, -0.15) is 0 Å². The van der Waals surface area contributed by atoms with Crippen LogP contribution in [0, 0.1) is 0 Å². The van der Waals surface area contributed by atoms with Crippen LogP contribution in [0.1, 0.15) is 24.8 Å². The molecule has 0 amide bonds. The van der Waals surface area contributed by atoms with Gasteiger partial charge in [-0.25, -0.2) is 0 Å². The van der Waals surface area contributed by atoms with Crippen LogP contribution in [0.2, 0.25) is 0 Å². The molecule has 2 nitrogen and oxygen atoms in total. The van der Waals surface area contributed by atoms with Crippen LogP contribution in [-0.2, 0) is 6.54 Å². The molecule has 0 saturated carbocycles. The van der Waals surface area contributed by atoms with Gasteiger partial charge in [-0.05, 0) is 37.9 Å². The van der Waals surface area contributed by atoms with E-state index in [-0.39, 0.29) is 0 Å². The molecule has 1 unspecified atom stereocenters. The lowest BCUT2D eigenvalue weighted by molar-refractivity contribution is 0.468. The minimum absolute atomic E-state index is 0.695. The van der Waals surface area contributed by atoms with E-state index in [4.69, 9.17) is 0 Å². The Bertz CT molecular complexity index is 263. The van der Waals surface area contributed by atoms with Crippen LogP contribution < -0.4 is 10.6 Å². The molecule has 0 radical (unpaired) electrons. The lowest BCUT2D eigenvalue weighted by atomic mass is 10.1. The van der Waals surface area contributed by atoms with Gasteiger partial charge >= 0.3 is 0 Å². The third-order valence-electron chi connectivity index (χ3n) is 3.01. The van der Waals surface area contributed by atoms with E-state index in [9.17, 15) is 0 Å². The van der Waals surface area contributed by atoms with Crippen molar-refractivity contribution < 1.29 is 0 Å². The summed E-state index contributed by atoms with van der Waals surface area (Å²) in [7, 11) is 0. The van der Waals surface area contributed by atoms with Gasteiger partial charge in [0, 0.05) is 12.6 Å². The molecule has 1 aliphatic heterocycles. The largest absolute Gasteiger partial charge is 0.317 e. The van der Waals surface area contributed by atoms with E-state index in [1.54, 1.807) is 0 Å². The second kappa shape index (κ2) is 5.89. The summed E-state index contributed by atoms with van der Waals surface area (Å²) < 4.78 is 0. The summed E-state index contributed by atoms with van der Waals surface area (Å²) in [5.74, 6) is 0. The molecule has 1 saturated heterocycles. The Morgan fingerprint density at radius 3 is 2.87 bits per heavy atom. The van der Waals surface area contributed by atoms with E-state index in [1.807, 2.05) is 0 Å². The molecule has 15 heavy (non-hydrogen) atoms. The molecule has 1 fully saturated rings. The van der Waals surface area contributed by atoms with Crippen molar-refractivity contribution in [2.24, 2.45) is 0 Å². The Labute approximate surface area is 92.1 Å². The molecular formula is C13H20N2. The van der Waals surface area contributed by atoms with E-state index >= 15 is 0 Å². The van der Waals surface area contributed by atoms with Crippen molar-refractivity contribution in [3.05, 3.63) is 35.9 Å². The van der Waals surface area contributed by atoms with E-state index in [0.29, 0.717) is 6.04 Å². The van der Waals surface area contributed by atoms with Crippen molar-refractivity contribution >= 4 is 0 Å². The molecule has 2 N–H and O–H groups in total. The third-order valence-corrected chi connectivity index (χ3v) is 3.01. The van der Waals surface area contributed by atoms with Crippen LogP contribution in [0.15, 0.2) is 30.3 Å². The van der Waals surface area contributed by atoms with Gasteiger partial charge in [-0.3, -0.25) is 0 Å². The number of benzene rings is 1. The van der Waals surface area contributed by atoms with E-state index in [0.717, 1.165) is 13.1 Å². The van der Waals surface area contributed by atoms with E-state index < -0.39 is 0 Å². The van der Waals surface area contributed by atoms with E-state index in [2.05, 4.69) is 41.0 Å². The van der Waals surface area contributed by atoms with Crippen molar-refractivity contribution in [2.45, 2.75) is 31.8 Å². The Hall–Kier alpha value is -0.860. The van der Waals surface area contributed by atoms with Crippen molar-refractivity contribution in [3.8, 4) is 0 Å². The first-order valence-corrected chi connectivity index (χ1v) is 5.93. The van der Waals surface area contributed by atoms with Gasteiger partial charge in [0.1, 0.15) is 0 Å². The number of nitrogens with one attached hydrogen (secondary N) is 2. The molecule has 1 heterocycles. The van der Waals surface area contributed by atoms with Gasteiger partial charge in [-0.1, -0.05) is 30.3 Å². The summed E-state index contributed by atoms with van der Waals surface area (Å²) in [4.78, 5) is 0. The predicted molar refractivity (Wildman–Crippen MR) is 63.8 cm³/mol. The first-order chi connectivity index (χ1) is 7.45. The average Bonchev–Trinajstić information content (AvgIpc) is 2.56. The summed E-state index contributed by atoms with van der Waals surface area (Å²) >= 11 is 0. The lowest BCUT2D eigenvalue weighted by Gasteiger charge is -2.15. The zero-order valence-corrected chi connectivity index (χ0v) is 9.21. The van der Waals surface area contributed by atoms with Gasteiger partial charge in [0.25, 0.3) is 0 Å². The highest BCUT2D eigenvalue weighted by molar-refractivity contribution is 5.14. The van der Waals surface area contributed by atoms with Crippen molar-refractivity contribution in [2.75, 3.05) is 13.1 Å². The van der Waals surface area contributed by atoms with Crippen LogP contribution in [0.3, 0.4) is 0 Å². The van der Waals surface area contributed by atoms with Crippen LogP contribution in [-0.4, -0.2) is 19.1 Å². The minimum atomic E-state index is 0.695. The fourth-order valence-electron chi connectivity index (χ4n) is 2.08. The molecule has 0 bridgehead atoms. The van der Waals surface area contributed by atoms with Gasteiger partial charge in [0.15, 0.2) is 0 Å². The van der Waals surface area contributed by atoms with Crippen LogP contribution in [0.4, 0.5) is 0 Å². The SMILES string of the molecule is c1ccc(CNC2CCCNCC2)cc1. The smallest absolute Gasteiger partial charge is 0.0208 e. The van der Waals surface area contributed by atoms with Crippen molar-refractivity contribution in [1.29, 1.82) is 0 Å². The normalized spacial score (nSPS) is 22.3. The number of rotatable bonds is 3. The monoisotopic (exact) mass is 204 g/mol. The molecule has 1 aromatic carbocycles. The minimum Gasteiger partial charge on any atom is -0.317 e. The molecule has 1 atom stereocenters. The molecule has 1 aromatic rings. The zero-order valence-electron chi connectivity index (χ0n) is 9.21. The van der Waals surface area contributed by atoms with Crippen LogP contribution in [0.5, 0.6) is 0 Å². The maximum absolute atomic E-state index is 3.64. The molecule has 2 rings (SSSR count). The van der Waals surface area contributed by atoms with Crippen molar-refractivity contribution in [3.63, 3.8) is 0 Å². The highest BCUT2D eigenvalue weighted by atomic mass is 14.9. The quantitative estimate of drug-likeness (QED) is 0.786.